The molecule has 0 saturated carbocycles. The number of aliphatic hydroxyl groups is 1. The van der Waals surface area contributed by atoms with Gasteiger partial charge in [0.05, 0.1) is 6.10 Å². The molecule has 1 N–H and O–H groups in total. The van der Waals surface area contributed by atoms with E-state index in [2.05, 4.69) is 23.6 Å². The fourth-order valence-corrected chi connectivity index (χ4v) is 2.79. The van der Waals surface area contributed by atoms with E-state index in [-0.39, 0.29) is 30.9 Å². The summed E-state index contributed by atoms with van der Waals surface area (Å²) < 4.78 is 0. The van der Waals surface area contributed by atoms with Crippen molar-refractivity contribution in [1.82, 2.24) is 9.80 Å². The second-order valence-electron chi connectivity index (χ2n) is 6.00. The van der Waals surface area contributed by atoms with Crippen LogP contribution in [0.5, 0.6) is 0 Å². The van der Waals surface area contributed by atoms with Crippen LogP contribution >= 0.6 is 24.8 Å². The summed E-state index contributed by atoms with van der Waals surface area (Å²) in [5.74, 6) is 0. The number of β-amino-alcohol motifs (C(OH)–C–C–N with tert-alkyl or cyclic N) is 1. The van der Waals surface area contributed by atoms with Crippen LogP contribution in [0.25, 0.3) is 0 Å². The van der Waals surface area contributed by atoms with Crippen LogP contribution in [-0.2, 0) is 0 Å². The van der Waals surface area contributed by atoms with Gasteiger partial charge in [-0.05, 0) is 19.4 Å². The summed E-state index contributed by atoms with van der Waals surface area (Å²) in [5.41, 5.74) is 0. The second-order valence-corrected chi connectivity index (χ2v) is 6.00. The van der Waals surface area contributed by atoms with E-state index in [1.807, 2.05) is 0 Å². The van der Waals surface area contributed by atoms with E-state index in [4.69, 9.17) is 0 Å². The summed E-state index contributed by atoms with van der Waals surface area (Å²) >= 11 is 0. The molecule has 1 atom stereocenters. The largest absolute Gasteiger partial charge is 0.392 e. The number of nitrogens with zero attached hydrogens (tertiary/aromatic N) is 2. The quantitative estimate of drug-likeness (QED) is 0.614. The standard InChI is InChI=1S/C16H34N2O.2ClH/c1-3-5-7-8-10-17-11-13-18(14-12-17)15-16(19)9-6-4-2;;/h16,19H,3-15H2,1-2H3;2*1H. The van der Waals surface area contributed by atoms with Crippen molar-refractivity contribution >= 4 is 24.8 Å². The van der Waals surface area contributed by atoms with Crippen LogP contribution in [0.4, 0.5) is 0 Å². The molecule has 3 nitrogen and oxygen atoms in total. The first-order chi connectivity index (χ1) is 9.26. The van der Waals surface area contributed by atoms with E-state index in [0.717, 1.165) is 32.5 Å². The van der Waals surface area contributed by atoms with E-state index < -0.39 is 0 Å². The van der Waals surface area contributed by atoms with Gasteiger partial charge in [0.25, 0.3) is 0 Å². The maximum atomic E-state index is 9.94. The Hall–Kier alpha value is 0.460. The van der Waals surface area contributed by atoms with Crippen LogP contribution < -0.4 is 0 Å². The van der Waals surface area contributed by atoms with Crippen LogP contribution in [0.1, 0.15) is 58.8 Å². The summed E-state index contributed by atoms with van der Waals surface area (Å²) in [6, 6.07) is 0. The van der Waals surface area contributed by atoms with Gasteiger partial charge in [-0.25, -0.2) is 0 Å². The molecule has 0 aromatic heterocycles. The summed E-state index contributed by atoms with van der Waals surface area (Å²) in [7, 11) is 0. The molecule has 1 heterocycles. The van der Waals surface area contributed by atoms with Crippen molar-refractivity contribution in [3.63, 3.8) is 0 Å². The number of halogens is 2. The van der Waals surface area contributed by atoms with Crippen molar-refractivity contribution in [2.75, 3.05) is 39.3 Å². The Morgan fingerprint density at radius 1 is 0.810 bits per heavy atom. The molecule has 21 heavy (non-hydrogen) atoms. The average molecular weight is 343 g/mol. The maximum absolute atomic E-state index is 9.94. The fourth-order valence-electron chi connectivity index (χ4n) is 2.79. The Morgan fingerprint density at radius 3 is 1.95 bits per heavy atom. The van der Waals surface area contributed by atoms with Gasteiger partial charge in [0.15, 0.2) is 0 Å². The minimum atomic E-state index is -0.115. The molecule has 1 unspecified atom stereocenters. The average Bonchev–Trinajstić information content (AvgIpc) is 2.43. The zero-order chi connectivity index (χ0) is 13.9. The fraction of sp³-hybridized carbons (Fsp3) is 1.00. The highest BCUT2D eigenvalue weighted by atomic mass is 35.5. The van der Waals surface area contributed by atoms with Crippen LogP contribution in [0.15, 0.2) is 0 Å². The minimum Gasteiger partial charge on any atom is -0.392 e. The summed E-state index contributed by atoms with van der Waals surface area (Å²) in [6.45, 7) is 11.2. The molecule has 1 aliphatic rings. The Balaban J connectivity index is 0. The monoisotopic (exact) mass is 342 g/mol. The molecule has 0 radical (unpaired) electrons. The van der Waals surface area contributed by atoms with Crippen molar-refractivity contribution in [2.45, 2.75) is 64.9 Å². The molecule has 0 aromatic rings. The number of aliphatic hydroxyl groups excluding tert-OH is 1. The van der Waals surface area contributed by atoms with Gasteiger partial charge in [-0.1, -0.05) is 46.0 Å². The van der Waals surface area contributed by atoms with Gasteiger partial charge in [0.2, 0.25) is 0 Å². The van der Waals surface area contributed by atoms with Crippen LogP contribution in [0, 0.1) is 0 Å². The number of piperazine rings is 1. The molecule has 130 valence electrons. The molecule has 1 rings (SSSR count). The van der Waals surface area contributed by atoms with Gasteiger partial charge in [0, 0.05) is 32.7 Å². The summed E-state index contributed by atoms with van der Waals surface area (Å²) in [5, 5.41) is 9.94. The van der Waals surface area contributed by atoms with Crippen molar-refractivity contribution in [1.29, 1.82) is 0 Å². The van der Waals surface area contributed by atoms with Crippen LogP contribution in [0.3, 0.4) is 0 Å². The Bertz CT molecular complexity index is 212. The summed E-state index contributed by atoms with van der Waals surface area (Å²) in [4.78, 5) is 5.02. The van der Waals surface area contributed by atoms with E-state index in [1.54, 1.807) is 0 Å². The van der Waals surface area contributed by atoms with Crippen molar-refractivity contribution < 1.29 is 5.11 Å². The Kier molecular flexibility index (Phi) is 17.4. The predicted octanol–water partition coefficient (Wildman–Crippen LogP) is 3.58. The van der Waals surface area contributed by atoms with Crippen molar-refractivity contribution in [2.24, 2.45) is 0 Å². The molecule has 1 saturated heterocycles. The predicted molar refractivity (Wildman–Crippen MR) is 97.0 cm³/mol. The van der Waals surface area contributed by atoms with Gasteiger partial charge in [0.1, 0.15) is 0 Å². The highest BCUT2D eigenvalue weighted by molar-refractivity contribution is 5.85. The Labute approximate surface area is 144 Å². The van der Waals surface area contributed by atoms with E-state index in [9.17, 15) is 5.11 Å². The molecule has 1 fully saturated rings. The molecule has 0 amide bonds. The molecule has 0 spiro atoms. The molecule has 1 aliphatic heterocycles. The number of hydrogen-bond acceptors (Lipinski definition) is 3. The lowest BCUT2D eigenvalue weighted by molar-refractivity contribution is 0.0671. The lowest BCUT2D eigenvalue weighted by Crippen LogP contribution is -2.48. The SMILES string of the molecule is CCCCCCN1CCN(CC(O)CCCC)CC1.Cl.Cl. The zero-order valence-electron chi connectivity index (χ0n) is 13.9. The van der Waals surface area contributed by atoms with E-state index in [0.29, 0.717) is 0 Å². The van der Waals surface area contributed by atoms with Crippen LogP contribution in [-0.4, -0.2) is 60.3 Å². The Morgan fingerprint density at radius 2 is 1.38 bits per heavy atom. The highest BCUT2D eigenvalue weighted by Crippen LogP contribution is 2.08. The smallest absolute Gasteiger partial charge is 0.0667 e. The van der Waals surface area contributed by atoms with Gasteiger partial charge < -0.3 is 10.0 Å². The van der Waals surface area contributed by atoms with Gasteiger partial charge >= 0.3 is 0 Å². The molecule has 5 heteroatoms. The van der Waals surface area contributed by atoms with Gasteiger partial charge in [-0.15, -0.1) is 24.8 Å². The lowest BCUT2D eigenvalue weighted by atomic mass is 10.1. The van der Waals surface area contributed by atoms with E-state index >= 15 is 0 Å². The van der Waals surface area contributed by atoms with E-state index in [1.165, 1.54) is 51.7 Å². The van der Waals surface area contributed by atoms with Crippen molar-refractivity contribution in [3.05, 3.63) is 0 Å². The zero-order valence-corrected chi connectivity index (χ0v) is 15.6. The first-order valence-electron chi connectivity index (χ1n) is 8.39. The normalized spacial score (nSPS) is 17.9. The molecule has 0 aromatic carbocycles. The first kappa shape index (κ1) is 23.7. The second kappa shape index (κ2) is 15.4. The first-order valence-corrected chi connectivity index (χ1v) is 8.39. The van der Waals surface area contributed by atoms with Gasteiger partial charge in [-0.3, -0.25) is 4.90 Å². The lowest BCUT2D eigenvalue weighted by Gasteiger charge is -2.35. The molecule has 0 bridgehead atoms. The van der Waals surface area contributed by atoms with Crippen LogP contribution in [0.2, 0.25) is 0 Å². The number of unbranched alkanes of at least 4 members (excludes halogenated alkanes) is 4. The number of rotatable bonds is 10. The highest BCUT2D eigenvalue weighted by Gasteiger charge is 2.18. The molecular weight excluding hydrogens is 307 g/mol. The topological polar surface area (TPSA) is 26.7 Å². The number of hydrogen-bond donors (Lipinski definition) is 1. The third kappa shape index (κ3) is 11.7. The minimum absolute atomic E-state index is 0. The molecular formula is C16H36Cl2N2O. The third-order valence-corrected chi connectivity index (χ3v) is 4.15. The van der Waals surface area contributed by atoms with Crippen molar-refractivity contribution in [3.8, 4) is 0 Å². The molecule has 0 aliphatic carbocycles. The van der Waals surface area contributed by atoms with Gasteiger partial charge in [-0.2, -0.15) is 0 Å². The third-order valence-electron chi connectivity index (χ3n) is 4.15. The summed E-state index contributed by atoms with van der Waals surface area (Å²) in [6.07, 6.45) is 8.62. The maximum Gasteiger partial charge on any atom is 0.0667 e.